The summed E-state index contributed by atoms with van der Waals surface area (Å²) in [6.45, 7) is 0.318. The summed E-state index contributed by atoms with van der Waals surface area (Å²) in [6.07, 6.45) is 1.70. The van der Waals surface area contributed by atoms with E-state index < -0.39 is 0 Å². The minimum Gasteiger partial charge on any atom is -0.381 e. The zero-order chi connectivity index (χ0) is 11.7. The summed E-state index contributed by atoms with van der Waals surface area (Å²) in [5, 5.41) is 4.39. The summed E-state index contributed by atoms with van der Waals surface area (Å²) in [5.74, 6) is 0.0343. The number of halogens is 3. The fourth-order valence-electron chi connectivity index (χ4n) is 1.32. The Kier molecular flexibility index (Phi) is 3.16. The smallest absolute Gasteiger partial charge is 0.159 e. The molecule has 0 fully saturated rings. The molecule has 0 aliphatic carbocycles. The van der Waals surface area contributed by atoms with Crippen LogP contribution in [0.3, 0.4) is 0 Å². The molecule has 2 rings (SSSR count). The number of aromatic nitrogens is 2. The molecule has 0 bridgehead atoms. The molecule has 0 saturated heterocycles. The maximum Gasteiger partial charge on any atom is 0.159 e. The monoisotopic (exact) mass is 303 g/mol. The van der Waals surface area contributed by atoms with Crippen LogP contribution in [-0.4, -0.2) is 9.78 Å². The fourth-order valence-corrected chi connectivity index (χ4v) is 1.79. The maximum absolute atomic E-state index is 13.5. The quantitative estimate of drug-likeness (QED) is 0.926. The van der Waals surface area contributed by atoms with Crippen LogP contribution < -0.4 is 5.73 Å². The molecule has 0 amide bonds. The van der Waals surface area contributed by atoms with Gasteiger partial charge in [-0.15, -0.1) is 0 Å². The first kappa shape index (κ1) is 11.4. The molecule has 3 nitrogen and oxygen atoms in total. The van der Waals surface area contributed by atoms with Crippen LogP contribution >= 0.6 is 27.5 Å². The van der Waals surface area contributed by atoms with E-state index in [9.17, 15) is 4.39 Å². The number of benzene rings is 1. The Hall–Kier alpha value is -1.07. The summed E-state index contributed by atoms with van der Waals surface area (Å²) in [5.41, 5.74) is 6.08. The first-order chi connectivity index (χ1) is 7.56. The van der Waals surface area contributed by atoms with Crippen molar-refractivity contribution in [3.8, 4) is 0 Å². The van der Waals surface area contributed by atoms with Gasteiger partial charge in [-0.05, 0) is 28.1 Å². The normalized spacial score (nSPS) is 10.7. The van der Waals surface area contributed by atoms with Crippen molar-refractivity contribution >= 4 is 33.3 Å². The number of rotatable bonds is 2. The molecule has 2 N–H and O–H groups in total. The van der Waals surface area contributed by atoms with Crippen LogP contribution in [0.1, 0.15) is 5.56 Å². The zero-order valence-corrected chi connectivity index (χ0v) is 10.5. The highest BCUT2D eigenvalue weighted by molar-refractivity contribution is 9.10. The van der Waals surface area contributed by atoms with E-state index in [0.29, 0.717) is 27.4 Å². The predicted octanol–water partition coefficient (Wildman–Crippen LogP) is 3.07. The molecular formula is C10H8BrClFN3. The third-order valence-corrected chi connectivity index (χ3v) is 2.94. The molecule has 0 aliphatic rings. The number of nitrogens with zero attached hydrogens (tertiary/aromatic N) is 2. The summed E-state index contributed by atoms with van der Waals surface area (Å²) in [6, 6.07) is 4.55. The second kappa shape index (κ2) is 4.43. The van der Waals surface area contributed by atoms with Crippen LogP contribution in [0.2, 0.25) is 5.02 Å². The largest absolute Gasteiger partial charge is 0.381 e. The van der Waals surface area contributed by atoms with Gasteiger partial charge >= 0.3 is 0 Å². The van der Waals surface area contributed by atoms with E-state index in [-0.39, 0.29) is 5.82 Å². The van der Waals surface area contributed by atoms with Crippen molar-refractivity contribution in [2.24, 2.45) is 0 Å². The minimum atomic E-state index is -0.349. The van der Waals surface area contributed by atoms with Crippen LogP contribution in [0.25, 0.3) is 0 Å². The number of nitrogens with two attached hydrogens (primary N) is 1. The van der Waals surface area contributed by atoms with Gasteiger partial charge in [0, 0.05) is 16.8 Å². The van der Waals surface area contributed by atoms with Crippen LogP contribution in [-0.2, 0) is 6.54 Å². The minimum absolute atomic E-state index is 0.318. The highest BCUT2D eigenvalue weighted by atomic mass is 79.9. The zero-order valence-electron chi connectivity index (χ0n) is 8.12. The van der Waals surface area contributed by atoms with E-state index >= 15 is 0 Å². The third-order valence-electron chi connectivity index (χ3n) is 2.09. The molecule has 0 radical (unpaired) electrons. The van der Waals surface area contributed by atoms with Gasteiger partial charge in [0.05, 0.1) is 11.0 Å². The Morgan fingerprint density at radius 1 is 1.50 bits per heavy atom. The highest BCUT2D eigenvalue weighted by Gasteiger charge is 2.06. The Morgan fingerprint density at radius 3 is 2.81 bits per heavy atom. The summed E-state index contributed by atoms with van der Waals surface area (Å²) >= 11 is 8.90. The molecular weight excluding hydrogens is 296 g/mol. The van der Waals surface area contributed by atoms with Crippen LogP contribution in [0.15, 0.2) is 28.9 Å². The van der Waals surface area contributed by atoms with E-state index in [4.69, 9.17) is 17.3 Å². The number of nitrogen functional groups attached to an aromatic ring is 1. The molecule has 16 heavy (non-hydrogen) atoms. The average Bonchev–Trinajstić information content (AvgIpc) is 2.51. The van der Waals surface area contributed by atoms with Gasteiger partial charge in [0.15, 0.2) is 5.82 Å². The van der Waals surface area contributed by atoms with Gasteiger partial charge < -0.3 is 5.73 Å². The lowest BCUT2D eigenvalue weighted by Crippen LogP contribution is -2.03. The molecule has 0 atom stereocenters. The van der Waals surface area contributed by atoms with Crippen LogP contribution in [0, 0.1) is 5.82 Å². The SMILES string of the molecule is Nc1nn(Cc2ccc(Cl)cc2F)cc1Br. The predicted molar refractivity (Wildman–Crippen MR) is 64.9 cm³/mol. The lowest BCUT2D eigenvalue weighted by atomic mass is 10.2. The number of hydrogen-bond donors (Lipinski definition) is 1. The van der Waals surface area contributed by atoms with E-state index in [2.05, 4.69) is 21.0 Å². The molecule has 1 heterocycles. The Labute approximate surface area is 105 Å². The number of hydrogen-bond acceptors (Lipinski definition) is 2. The summed E-state index contributed by atoms with van der Waals surface area (Å²) in [4.78, 5) is 0. The van der Waals surface area contributed by atoms with E-state index in [1.807, 2.05) is 0 Å². The van der Waals surface area contributed by atoms with Gasteiger partial charge in [-0.1, -0.05) is 17.7 Å². The van der Waals surface area contributed by atoms with Gasteiger partial charge in [-0.25, -0.2) is 4.39 Å². The second-order valence-corrected chi connectivity index (χ2v) is 4.59. The molecule has 6 heteroatoms. The molecule has 0 spiro atoms. The van der Waals surface area contributed by atoms with Crippen LogP contribution in [0.5, 0.6) is 0 Å². The average molecular weight is 305 g/mol. The maximum atomic E-state index is 13.5. The Morgan fingerprint density at radius 2 is 2.25 bits per heavy atom. The van der Waals surface area contributed by atoms with E-state index in [1.54, 1.807) is 23.0 Å². The molecule has 84 valence electrons. The lowest BCUT2D eigenvalue weighted by Gasteiger charge is -2.03. The van der Waals surface area contributed by atoms with Crippen molar-refractivity contribution in [3.05, 3.63) is 45.3 Å². The molecule has 2 aromatic rings. The Balaban J connectivity index is 2.27. The topological polar surface area (TPSA) is 43.8 Å². The van der Waals surface area contributed by atoms with Crippen molar-refractivity contribution in [3.63, 3.8) is 0 Å². The van der Waals surface area contributed by atoms with Crippen molar-refractivity contribution < 1.29 is 4.39 Å². The van der Waals surface area contributed by atoms with Crippen molar-refractivity contribution in [1.29, 1.82) is 0 Å². The Bertz CT molecular complexity index is 507. The van der Waals surface area contributed by atoms with Crippen molar-refractivity contribution in [2.45, 2.75) is 6.54 Å². The second-order valence-electron chi connectivity index (χ2n) is 3.30. The summed E-state index contributed by atoms with van der Waals surface area (Å²) in [7, 11) is 0. The lowest BCUT2D eigenvalue weighted by molar-refractivity contribution is 0.586. The third kappa shape index (κ3) is 2.36. The fraction of sp³-hybridized carbons (Fsp3) is 0.100. The van der Waals surface area contributed by atoms with Gasteiger partial charge in [0.25, 0.3) is 0 Å². The van der Waals surface area contributed by atoms with Gasteiger partial charge in [0.1, 0.15) is 5.82 Å². The molecule has 1 aromatic carbocycles. The standard InChI is InChI=1S/C10H8BrClFN3/c11-8-5-16(15-10(8)14)4-6-1-2-7(12)3-9(6)13/h1-3,5H,4H2,(H2,14,15). The molecule has 1 aromatic heterocycles. The van der Waals surface area contributed by atoms with Crippen molar-refractivity contribution in [1.82, 2.24) is 9.78 Å². The first-order valence-corrected chi connectivity index (χ1v) is 5.65. The molecule has 0 saturated carbocycles. The van der Waals surface area contributed by atoms with Gasteiger partial charge in [-0.3, -0.25) is 4.68 Å². The van der Waals surface area contributed by atoms with Gasteiger partial charge in [-0.2, -0.15) is 5.10 Å². The number of anilines is 1. The first-order valence-electron chi connectivity index (χ1n) is 4.48. The van der Waals surface area contributed by atoms with E-state index in [1.165, 1.54) is 6.07 Å². The summed E-state index contributed by atoms with van der Waals surface area (Å²) < 4.78 is 15.7. The molecule has 0 aliphatic heterocycles. The van der Waals surface area contributed by atoms with Crippen LogP contribution in [0.4, 0.5) is 10.2 Å². The highest BCUT2D eigenvalue weighted by Crippen LogP contribution is 2.19. The van der Waals surface area contributed by atoms with E-state index in [0.717, 1.165) is 0 Å². The van der Waals surface area contributed by atoms with Crippen molar-refractivity contribution in [2.75, 3.05) is 5.73 Å². The molecule has 0 unspecified atom stereocenters. The van der Waals surface area contributed by atoms with Gasteiger partial charge in [0.2, 0.25) is 0 Å².